The normalized spacial score (nSPS) is 11.0. The van der Waals surface area contributed by atoms with E-state index in [9.17, 15) is 4.79 Å². The third-order valence-corrected chi connectivity index (χ3v) is 4.31. The summed E-state index contributed by atoms with van der Waals surface area (Å²) in [6, 6.07) is 10.1. The highest BCUT2D eigenvalue weighted by atomic mass is 32.2. The lowest BCUT2D eigenvalue weighted by molar-refractivity contribution is 0.766. The number of nitrogens with one attached hydrogen (secondary N) is 2. The highest BCUT2D eigenvalue weighted by Gasteiger charge is 2.09. The Morgan fingerprint density at radius 1 is 1.38 bits per heavy atom. The molecule has 2 N–H and O–H groups in total. The van der Waals surface area contributed by atoms with E-state index < -0.39 is 0 Å². The highest BCUT2D eigenvalue weighted by molar-refractivity contribution is 7.98. The van der Waals surface area contributed by atoms with Crippen LogP contribution in [0.3, 0.4) is 0 Å². The summed E-state index contributed by atoms with van der Waals surface area (Å²) in [4.78, 5) is 16.0. The first-order valence-corrected chi connectivity index (χ1v) is 7.48. The minimum atomic E-state index is -0.206. The third kappa shape index (κ3) is 2.64. The van der Waals surface area contributed by atoms with Crippen molar-refractivity contribution in [3.8, 4) is 0 Å². The van der Waals surface area contributed by atoms with Crippen LogP contribution in [0.5, 0.6) is 0 Å². The molecule has 0 saturated carbocycles. The van der Waals surface area contributed by atoms with Gasteiger partial charge < -0.3 is 5.32 Å². The number of H-pyrrole nitrogens is 1. The molecule has 2 heterocycles. The molecule has 0 spiro atoms. The van der Waals surface area contributed by atoms with Gasteiger partial charge in [-0.25, -0.2) is 14.9 Å². The first-order chi connectivity index (χ1) is 10.2. The van der Waals surface area contributed by atoms with Crippen molar-refractivity contribution in [2.75, 3.05) is 12.4 Å². The second-order valence-electron chi connectivity index (χ2n) is 4.60. The van der Waals surface area contributed by atoms with E-state index in [1.165, 1.54) is 16.3 Å². The Morgan fingerprint density at radius 3 is 2.90 bits per heavy atom. The second-order valence-corrected chi connectivity index (χ2v) is 5.54. The van der Waals surface area contributed by atoms with Gasteiger partial charge in [-0.1, -0.05) is 30.0 Å². The number of aromatic nitrogens is 4. The maximum Gasteiger partial charge on any atom is 0.343 e. The first-order valence-electron chi connectivity index (χ1n) is 6.49. The van der Waals surface area contributed by atoms with Crippen molar-refractivity contribution in [1.82, 2.24) is 19.7 Å². The molecule has 7 heteroatoms. The Labute approximate surface area is 125 Å². The zero-order valence-electron chi connectivity index (χ0n) is 11.8. The van der Waals surface area contributed by atoms with Gasteiger partial charge in [-0.3, -0.25) is 4.57 Å². The van der Waals surface area contributed by atoms with Crippen molar-refractivity contribution in [2.45, 2.75) is 10.9 Å². The Hall–Kier alpha value is -2.28. The lowest BCUT2D eigenvalue weighted by Gasteiger charge is -2.09. The summed E-state index contributed by atoms with van der Waals surface area (Å²) in [5.74, 6) is 1.54. The molecule has 0 aliphatic carbocycles. The molecule has 0 amide bonds. The van der Waals surface area contributed by atoms with Gasteiger partial charge in [-0.15, -0.1) is 5.10 Å². The van der Waals surface area contributed by atoms with E-state index >= 15 is 0 Å². The average molecular weight is 301 g/mol. The summed E-state index contributed by atoms with van der Waals surface area (Å²) in [7, 11) is 3.56. The van der Waals surface area contributed by atoms with E-state index in [0.29, 0.717) is 10.9 Å². The fourth-order valence-corrected chi connectivity index (χ4v) is 2.98. The van der Waals surface area contributed by atoms with E-state index in [-0.39, 0.29) is 5.69 Å². The molecule has 0 fully saturated rings. The van der Waals surface area contributed by atoms with Crippen LogP contribution in [0, 0.1) is 0 Å². The molecular formula is C14H15N5OS. The van der Waals surface area contributed by atoms with Crippen molar-refractivity contribution in [1.29, 1.82) is 0 Å². The Kier molecular flexibility index (Phi) is 3.66. The molecule has 0 aliphatic rings. The largest absolute Gasteiger partial charge is 0.373 e. The van der Waals surface area contributed by atoms with Gasteiger partial charge in [0.25, 0.3) is 0 Å². The molecule has 0 atom stereocenters. The first kappa shape index (κ1) is 13.7. The van der Waals surface area contributed by atoms with E-state index in [1.807, 2.05) is 31.3 Å². The van der Waals surface area contributed by atoms with E-state index in [4.69, 9.17) is 0 Å². The summed E-state index contributed by atoms with van der Waals surface area (Å²) in [5.41, 5.74) is 1.84. The van der Waals surface area contributed by atoms with Crippen LogP contribution in [-0.2, 0) is 12.8 Å². The molecule has 0 saturated heterocycles. The van der Waals surface area contributed by atoms with Crippen LogP contribution in [0.15, 0.2) is 40.3 Å². The van der Waals surface area contributed by atoms with E-state index in [0.717, 1.165) is 22.3 Å². The molecule has 0 aliphatic heterocycles. The zero-order valence-corrected chi connectivity index (χ0v) is 12.6. The standard InChI is InChI=1S/C14H15N5OS/c1-15-12-10(7-9-5-3-4-6-11(9)16-12)8-21-14-18-17-13(20)19(14)2/h3-7H,8H2,1-2H3,(H,15,16)(H,17,20). The van der Waals surface area contributed by atoms with Gasteiger partial charge in [0.05, 0.1) is 5.52 Å². The van der Waals surface area contributed by atoms with Gasteiger partial charge in [0.1, 0.15) is 5.82 Å². The molecule has 3 aromatic rings. The number of benzene rings is 1. The molecule has 3 rings (SSSR count). The number of para-hydroxylation sites is 1. The number of thioether (sulfide) groups is 1. The molecule has 6 nitrogen and oxygen atoms in total. The van der Waals surface area contributed by atoms with Gasteiger partial charge in [0.2, 0.25) is 0 Å². The van der Waals surface area contributed by atoms with Crippen molar-refractivity contribution >= 4 is 28.5 Å². The molecule has 108 valence electrons. The summed E-state index contributed by atoms with van der Waals surface area (Å²) in [6.45, 7) is 0. The van der Waals surface area contributed by atoms with Crippen LogP contribution in [-0.4, -0.2) is 26.8 Å². The Balaban J connectivity index is 1.92. The molecule has 0 radical (unpaired) electrons. The molecule has 0 unspecified atom stereocenters. The molecule has 0 bridgehead atoms. The van der Waals surface area contributed by atoms with Crippen molar-refractivity contribution < 1.29 is 0 Å². The summed E-state index contributed by atoms with van der Waals surface area (Å²) in [5, 5.41) is 11.3. The average Bonchev–Trinajstić information content (AvgIpc) is 2.83. The summed E-state index contributed by atoms with van der Waals surface area (Å²) < 4.78 is 1.50. The fraction of sp³-hybridized carbons (Fsp3) is 0.214. The van der Waals surface area contributed by atoms with Gasteiger partial charge in [-0.05, 0) is 12.1 Å². The van der Waals surface area contributed by atoms with Crippen LogP contribution >= 0.6 is 11.8 Å². The van der Waals surface area contributed by atoms with Crippen molar-refractivity contribution in [3.63, 3.8) is 0 Å². The third-order valence-electron chi connectivity index (χ3n) is 3.24. The number of hydrogen-bond acceptors (Lipinski definition) is 5. The van der Waals surface area contributed by atoms with Crippen molar-refractivity contribution in [2.24, 2.45) is 7.05 Å². The molecular weight excluding hydrogens is 286 g/mol. The quantitative estimate of drug-likeness (QED) is 0.721. The monoisotopic (exact) mass is 301 g/mol. The van der Waals surface area contributed by atoms with E-state index in [2.05, 4.69) is 26.6 Å². The minimum absolute atomic E-state index is 0.206. The van der Waals surface area contributed by atoms with Crippen molar-refractivity contribution in [3.05, 3.63) is 46.4 Å². The molecule has 1 aromatic carbocycles. The van der Waals surface area contributed by atoms with Gasteiger partial charge in [-0.2, -0.15) is 0 Å². The maximum absolute atomic E-state index is 11.4. The predicted octanol–water partition coefficient (Wildman–Crippen LogP) is 1.99. The molecule has 2 aromatic heterocycles. The van der Waals surface area contributed by atoms with Gasteiger partial charge in [0.15, 0.2) is 5.16 Å². The second kappa shape index (κ2) is 5.61. The summed E-state index contributed by atoms with van der Waals surface area (Å²) in [6.07, 6.45) is 0. The number of pyridine rings is 1. The highest BCUT2D eigenvalue weighted by Crippen LogP contribution is 2.26. The van der Waals surface area contributed by atoms with E-state index in [1.54, 1.807) is 7.05 Å². The lowest BCUT2D eigenvalue weighted by atomic mass is 10.1. The minimum Gasteiger partial charge on any atom is -0.373 e. The lowest BCUT2D eigenvalue weighted by Crippen LogP contribution is -2.12. The van der Waals surface area contributed by atoms with Crippen LogP contribution < -0.4 is 11.0 Å². The zero-order chi connectivity index (χ0) is 14.8. The number of rotatable bonds is 4. The Morgan fingerprint density at radius 2 is 2.19 bits per heavy atom. The van der Waals surface area contributed by atoms with Crippen LogP contribution in [0.1, 0.15) is 5.56 Å². The van der Waals surface area contributed by atoms with Crippen LogP contribution in [0.2, 0.25) is 0 Å². The van der Waals surface area contributed by atoms with Gasteiger partial charge in [0, 0.05) is 30.8 Å². The number of fused-ring (bicyclic) bond motifs is 1. The van der Waals surface area contributed by atoms with Gasteiger partial charge >= 0.3 is 5.69 Å². The smallest absolute Gasteiger partial charge is 0.343 e. The Bertz CT molecular complexity index is 839. The SMILES string of the molecule is CNc1nc2ccccc2cc1CSc1n[nH]c(=O)n1C. The molecule has 21 heavy (non-hydrogen) atoms. The number of hydrogen-bond donors (Lipinski definition) is 2. The van der Waals surface area contributed by atoms with Crippen LogP contribution in [0.4, 0.5) is 5.82 Å². The fourth-order valence-electron chi connectivity index (χ4n) is 2.09. The number of nitrogens with zero attached hydrogens (tertiary/aromatic N) is 3. The maximum atomic E-state index is 11.4. The predicted molar refractivity (Wildman–Crippen MR) is 84.7 cm³/mol. The van der Waals surface area contributed by atoms with Crippen LogP contribution in [0.25, 0.3) is 10.9 Å². The summed E-state index contributed by atoms with van der Waals surface area (Å²) >= 11 is 1.50. The topological polar surface area (TPSA) is 75.6 Å². The number of anilines is 1. The number of aromatic amines is 1.